The van der Waals surface area contributed by atoms with Gasteiger partial charge in [-0.3, -0.25) is 4.79 Å². The monoisotopic (exact) mass is 412 g/mol. The molecule has 5 nitrogen and oxygen atoms in total. The average Bonchev–Trinajstić information content (AvgIpc) is 3.09. The quantitative estimate of drug-likeness (QED) is 0.534. The number of amides is 1. The van der Waals surface area contributed by atoms with Crippen molar-refractivity contribution < 1.29 is 9.18 Å². The minimum Gasteiger partial charge on any atom is -0.340 e. The van der Waals surface area contributed by atoms with Gasteiger partial charge in [-0.05, 0) is 44.0 Å². The highest BCUT2D eigenvalue weighted by Gasteiger charge is 2.23. The summed E-state index contributed by atoms with van der Waals surface area (Å²) in [5, 5.41) is 9.09. The Balaban J connectivity index is 1.74. The van der Waals surface area contributed by atoms with Crippen molar-refractivity contribution in [3.05, 3.63) is 65.5 Å². The van der Waals surface area contributed by atoms with Crippen molar-refractivity contribution in [2.24, 2.45) is 0 Å². The summed E-state index contributed by atoms with van der Waals surface area (Å²) in [6.45, 7) is 7.01. The van der Waals surface area contributed by atoms with Crippen LogP contribution >= 0.6 is 11.8 Å². The molecular weight excluding hydrogens is 387 g/mol. The normalized spacial score (nSPS) is 12.0. The maximum atomic E-state index is 13.4. The van der Waals surface area contributed by atoms with Crippen LogP contribution in [-0.4, -0.2) is 37.9 Å². The molecule has 0 fully saturated rings. The number of hydrogen-bond acceptors (Lipinski definition) is 4. The van der Waals surface area contributed by atoms with Crippen LogP contribution in [-0.2, 0) is 17.9 Å². The number of aromatic nitrogens is 3. The first-order valence-corrected chi connectivity index (χ1v) is 10.4. The molecule has 0 aliphatic carbocycles. The number of aryl methyl sites for hydroxylation is 1. The van der Waals surface area contributed by atoms with Crippen LogP contribution < -0.4 is 0 Å². The summed E-state index contributed by atoms with van der Waals surface area (Å²) in [7, 11) is 1.73. The lowest BCUT2D eigenvalue weighted by Crippen LogP contribution is -2.33. The average molecular weight is 413 g/mol. The lowest BCUT2D eigenvalue weighted by Gasteiger charge is -2.21. The van der Waals surface area contributed by atoms with E-state index in [4.69, 9.17) is 0 Å². The van der Waals surface area contributed by atoms with E-state index in [0.717, 1.165) is 22.5 Å². The van der Waals surface area contributed by atoms with Gasteiger partial charge in [0, 0.05) is 25.7 Å². The maximum absolute atomic E-state index is 13.4. The van der Waals surface area contributed by atoms with Gasteiger partial charge in [-0.1, -0.05) is 48.2 Å². The fourth-order valence-electron chi connectivity index (χ4n) is 3.19. The van der Waals surface area contributed by atoms with Crippen LogP contribution in [0.1, 0.15) is 25.0 Å². The molecule has 0 unspecified atom stereocenters. The molecule has 0 spiro atoms. The van der Waals surface area contributed by atoms with Crippen molar-refractivity contribution in [2.45, 2.75) is 44.3 Å². The Bertz CT molecular complexity index is 1000. The fourth-order valence-corrected chi connectivity index (χ4v) is 4.22. The summed E-state index contributed by atoms with van der Waals surface area (Å²) in [5.74, 6) is 0.466. The molecule has 1 amide bonds. The zero-order valence-corrected chi connectivity index (χ0v) is 17.9. The molecular formula is C22H25FN4OS. The molecule has 0 aliphatic heterocycles. The second-order valence-electron chi connectivity index (χ2n) is 6.95. The van der Waals surface area contributed by atoms with Gasteiger partial charge < -0.3 is 9.47 Å². The Morgan fingerprint density at radius 3 is 2.66 bits per heavy atom. The predicted octanol–water partition coefficient (Wildman–Crippen LogP) is 4.55. The summed E-state index contributed by atoms with van der Waals surface area (Å²) >= 11 is 1.39. The number of halogens is 1. The largest absolute Gasteiger partial charge is 0.340 e. The van der Waals surface area contributed by atoms with Crippen LogP contribution in [0.3, 0.4) is 0 Å². The topological polar surface area (TPSA) is 51.0 Å². The first kappa shape index (κ1) is 21.0. The summed E-state index contributed by atoms with van der Waals surface area (Å²) in [5.41, 5.74) is 2.93. The van der Waals surface area contributed by atoms with Gasteiger partial charge in [-0.2, -0.15) is 0 Å². The van der Waals surface area contributed by atoms with Crippen molar-refractivity contribution in [3.63, 3.8) is 0 Å². The van der Waals surface area contributed by atoms with Crippen LogP contribution in [0.25, 0.3) is 11.4 Å². The summed E-state index contributed by atoms with van der Waals surface area (Å²) < 4.78 is 15.4. The smallest absolute Gasteiger partial charge is 0.235 e. The van der Waals surface area contributed by atoms with Gasteiger partial charge >= 0.3 is 0 Å². The Kier molecular flexibility index (Phi) is 6.69. The van der Waals surface area contributed by atoms with Gasteiger partial charge in [0.15, 0.2) is 11.0 Å². The standard InChI is InChI=1S/C22H25FN4OS/c1-5-27-20(19-12-7-6-9-15(19)2)24-25-22(27)29-16(3)21(28)26(4)14-17-10-8-11-18(23)13-17/h6-13,16H,5,14H2,1-4H3/t16-/m1/s1. The van der Waals surface area contributed by atoms with Gasteiger partial charge in [-0.15, -0.1) is 10.2 Å². The van der Waals surface area contributed by atoms with E-state index in [1.165, 1.54) is 23.9 Å². The highest BCUT2D eigenvalue weighted by Crippen LogP contribution is 2.29. The third kappa shape index (κ3) is 4.85. The van der Waals surface area contributed by atoms with Crippen molar-refractivity contribution >= 4 is 17.7 Å². The Labute approximate surface area is 175 Å². The molecule has 0 aliphatic rings. The Morgan fingerprint density at radius 1 is 1.21 bits per heavy atom. The van der Waals surface area contributed by atoms with Crippen LogP contribution in [0.15, 0.2) is 53.7 Å². The van der Waals surface area contributed by atoms with Crippen molar-refractivity contribution in [1.82, 2.24) is 19.7 Å². The van der Waals surface area contributed by atoms with Crippen molar-refractivity contribution in [3.8, 4) is 11.4 Å². The lowest BCUT2D eigenvalue weighted by molar-refractivity contribution is -0.129. The number of rotatable bonds is 7. The highest BCUT2D eigenvalue weighted by atomic mass is 32.2. The molecule has 0 saturated carbocycles. The zero-order valence-electron chi connectivity index (χ0n) is 17.1. The summed E-state index contributed by atoms with van der Waals surface area (Å²) in [6.07, 6.45) is 0. The highest BCUT2D eigenvalue weighted by molar-refractivity contribution is 8.00. The van der Waals surface area contributed by atoms with Gasteiger partial charge in [0.05, 0.1) is 5.25 Å². The minimum absolute atomic E-state index is 0.0395. The molecule has 0 bridgehead atoms. The molecule has 1 heterocycles. The van der Waals surface area contributed by atoms with E-state index < -0.39 is 0 Å². The van der Waals surface area contributed by atoms with E-state index in [2.05, 4.69) is 10.2 Å². The lowest BCUT2D eigenvalue weighted by atomic mass is 10.1. The molecule has 152 valence electrons. The molecule has 0 saturated heterocycles. The van der Waals surface area contributed by atoms with Crippen molar-refractivity contribution in [2.75, 3.05) is 7.05 Å². The van der Waals surface area contributed by atoms with E-state index in [1.807, 2.05) is 55.7 Å². The SMILES string of the molecule is CCn1c(S[C@H](C)C(=O)N(C)Cc2cccc(F)c2)nnc1-c1ccccc1C. The van der Waals surface area contributed by atoms with Gasteiger partial charge in [0.25, 0.3) is 0 Å². The number of carbonyl (C=O) groups excluding carboxylic acids is 1. The van der Waals surface area contributed by atoms with E-state index in [-0.39, 0.29) is 17.0 Å². The van der Waals surface area contributed by atoms with Crippen LogP contribution in [0.5, 0.6) is 0 Å². The van der Waals surface area contributed by atoms with E-state index in [9.17, 15) is 9.18 Å². The van der Waals surface area contributed by atoms with Gasteiger partial charge in [0.1, 0.15) is 5.82 Å². The second-order valence-corrected chi connectivity index (χ2v) is 8.26. The number of nitrogens with zero attached hydrogens (tertiary/aromatic N) is 4. The van der Waals surface area contributed by atoms with E-state index in [0.29, 0.717) is 18.2 Å². The molecule has 3 rings (SSSR count). The first-order valence-electron chi connectivity index (χ1n) is 9.56. The third-order valence-electron chi connectivity index (χ3n) is 4.73. The van der Waals surface area contributed by atoms with Crippen molar-refractivity contribution in [1.29, 1.82) is 0 Å². The molecule has 3 aromatic rings. The summed E-state index contributed by atoms with van der Waals surface area (Å²) in [6, 6.07) is 14.4. The van der Waals surface area contributed by atoms with E-state index >= 15 is 0 Å². The van der Waals surface area contributed by atoms with Gasteiger partial charge in [-0.25, -0.2) is 4.39 Å². The third-order valence-corrected chi connectivity index (χ3v) is 5.80. The molecule has 7 heteroatoms. The second kappa shape index (κ2) is 9.22. The Hall–Kier alpha value is -2.67. The minimum atomic E-state index is -0.340. The molecule has 0 radical (unpaired) electrons. The molecule has 1 atom stereocenters. The first-order chi connectivity index (χ1) is 13.9. The number of hydrogen-bond donors (Lipinski definition) is 0. The molecule has 0 N–H and O–H groups in total. The van der Waals surface area contributed by atoms with Gasteiger partial charge in [0.2, 0.25) is 5.91 Å². The zero-order chi connectivity index (χ0) is 21.0. The predicted molar refractivity (Wildman–Crippen MR) is 114 cm³/mol. The van der Waals surface area contributed by atoms with Crippen LogP contribution in [0, 0.1) is 12.7 Å². The molecule has 29 heavy (non-hydrogen) atoms. The Morgan fingerprint density at radius 2 is 1.97 bits per heavy atom. The number of carbonyl (C=O) groups is 1. The molecule has 1 aromatic heterocycles. The summed E-state index contributed by atoms with van der Waals surface area (Å²) in [4.78, 5) is 14.4. The van der Waals surface area contributed by atoms with Crippen LogP contribution in [0.4, 0.5) is 4.39 Å². The number of benzene rings is 2. The van der Waals surface area contributed by atoms with Crippen LogP contribution in [0.2, 0.25) is 0 Å². The molecule has 2 aromatic carbocycles. The van der Waals surface area contributed by atoms with E-state index in [1.54, 1.807) is 18.0 Å². The number of thioether (sulfide) groups is 1. The fraction of sp³-hybridized carbons (Fsp3) is 0.318. The maximum Gasteiger partial charge on any atom is 0.235 e.